The van der Waals surface area contributed by atoms with E-state index < -0.39 is 0 Å². The van der Waals surface area contributed by atoms with Crippen LogP contribution in [0.25, 0.3) is 5.69 Å². The molecule has 2 aromatic rings. The number of hydrogen-bond donors (Lipinski definition) is 2. The monoisotopic (exact) mass is 423 g/mol. The van der Waals surface area contributed by atoms with E-state index in [2.05, 4.69) is 85.5 Å². The van der Waals surface area contributed by atoms with Gasteiger partial charge in [0.2, 0.25) is 0 Å². The van der Waals surface area contributed by atoms with Crippen molar-refractivity contribution in [2.24, 2.45) is 0 Å². The number of halogens is 1. The lowest BCUT2D eigenvalue weighted by atomic mass is 9.68. The predicted octanol–water partition coefficient (Wildman–Crippen LogP) is 4.66. The molecule has 1 aromatic heterocycles. The zero-order chi connectivity index (χ0) is 15.6. The van der Waals surface area contributed by atoms with Crippen molar-refractivity contribution in [3.8, 4) is 5.69 Å². The van der Waals surface area contributed by atoms with Gasteiger partial charge in [-0.15, -0.1) is 24.0 Å². The molecule has 4 heteroatoms. The summed E-state index contributed by atoms with van der Waals surface area (Å²) in [6.45, 7) is 9.24. The number of nitrogens with zero attached hydrogens (tertiary/aromatic N) is 1. The summed E-state index contributed by atoms with van der Waals surface area (Å²) < 4.78 is 2.36. The van der Waals surface area contributed by atoms with Crippen molar-refractivity contribution in [3.05, 3.63) is 48.3 Å². The van der Waals surface area contributed by atoms with Gasteiger partial charge in [0.15, 0.2) is 0 Å². The molecule has 2 aliphatic heterocycles. The number of fused-ring (bicyclic) bond motifs is 4. The second kappa shape index (κ2) is 5.24. The highest BCUT2D eigenvalue weighted by Gasteiger charge is 2.50. The maximum Gasteiger partial charge on any atom is 0.0814 e. The second-order valence-electron chi connectivity index (χ2n) is 8.23. The van der Waals surface area contributed by atoms with E-state index in [-0.39, 0.29) is 40.6 Å². The van der Waals surface area contributed by atoms with E-state index in [1.165, 1.54) is 17.1 Å². The fourth-order valence-electron chi connectivity index (χ4n) is 4.94. The Labute approximate surface area is 155 Å². The molecular formula is C19H26IN3. The van der Waals surface area contributed by atoms with Gasteiger partial charge in [-0.2, -0.15) is 0 Å². The molecule has 2 aliphatic rings. The number of hydrogen-bond acceptors (Lipinski definition) is 2. The van der Waals surface area contributed by atoms with Crippen molar-refractivity contribution in [2.75, 3.05) is 5.32 Å². The average Bonchev–Trinajstić information content (AvgIpc) is 2.85. The summed E-state index contributed by atoms with van der Waals surface area (Å²) in [6, 6.07) is 13.1. The van der Waals surface area contributed by atoms with Crippen molar-refractivity contribution in [1.29, 1.82) is 0 Å². The number of rotatable bonds is 0. The third kappa shape index (κ3) is 2.70. The number of piperidine rings is 1. The normalized spacial score (nSPS) is 22.4. The first-order chi connectivity index (χ1) is 10.3. The van der Waals surface area contributed by atoms with Crippen molar-refractivity contribution in [3.63, 3.8) is 0 Å². The molecule has 1 aromatic carbocycles. The van der Waals surface area contributed by atoms with Crippen LogP contribution >= 0.6 is 24.0 Å². The lowest BCUT2D eigenvalue weighted by Crippen LogP contribution is -2.65. The molecule has 0 saturated carbocycles. The van der Waals surface area contributed by atoms with Crippen LogP contribution in [0, 0.1) is 0 Å². The van der Waals surface area contributed by atoms with Crippen LogP contribution in [0.1, 0.15) is 46.2 Å². The van der Waals surface area contributed by atoms with E-state index in [0.29, 0.717) is 0 Å². The Morgan fingerprint density at radius 1 is 0.913 bits per heavy atom. The second-order valence-corrected chi connectivity index (χ2v) is 8.23. The summed E-state index contributed by atoms with van der Waals surface area (Å²) in [5.74, 6) is 0. The Kier molecular flexibility index (Phi) is 3.84. The third-order valence-corrected chi connectivity index (χ3v) is 4.94. The van der Waals surface area contributed by atoms with E-state index in [0.717, 1.165) is 12.8 Å². The van der Waals surface area contributed by atoms with Gasteiger partial charge in [-0.05, 0) is 64.8 Å². The summed E-state index contributed by atoms with van der Waals surface area (Å²) in [6.07, 6.45) is 4.34. The summed E-state index contributed by atoms with van der Waals surface area (Å²) in [4.78, 5) is 0. The number of anilines is 1. The van der Waals surface area contributed by atoms with Crippen LogP contribution in [0.4, 0.5) is 5.69 Å². The number of aromatic nitrogens is 1. The van der Waals surface area contributed by atoms with Gasteiger partial charge in [-0.1, -0.05) is 12.1 Å². The van der Waals surface area contributed by atoms with Gasteiger partial charge in [-0.3, -0.25) is 0 Å². The minimum absolute atomic E-state index is 0. The minimum Gasteiger partial charge on any atom is -0.372 e. The number of benzene rings is 1. The first-order valence-corrected chi connectivity index (χ1v) is 8.15. The Morgan fingerprint density at radius 3 is 2.26 bits per heavy atom. The molecule has 124 valence electrons. The van der Waals surface area contributed by atoms with Gasteiger partial charge in [0, 0.05) is 23.0 Å². The minimum atomic E-state index is -0.0178. The Hall–Kier alpha value is -1.01. The van der Waals surface area contributed by atoms with E-state index in [4.69, 9.17) is 0 Å². The lowest BCUT2D eigenvalue weighted by Gasteiger charge is -2.55. The first-order valence-electron chi connectivity index (χ1n) is 8.15. The highest BCUT2D eigenvalue weighted by Crippen LogP contribution is 2.48. The van der Waals surface area contributed by atoms with Crippen LogP contribution in [-0.4, -0.2) is 15.6 Å². The molecule has 1 spiro atoms. The van der Waals surface area contributed by atoms with Crippen LogP contribution in [-0.2, 0) is 5.54 Å². The summed E-state index contributed by atoms with van der Waals surface area (Å²) >= 11 is 0. The van der Waals surface area contributed by atoms with E-state index in [1.54, 1.807) is 0 Å². The quantitative estimate of drug-likeness (QED) is 0.604. The van der Waals surface area contributed by atoms with Crippen LogP contribution < -0.4 is 10.6 Å². The maximum atomic E-state index is 3.91. The molecule has 0 bridgehead atoms. The third-order valence-electron chi connectivity index (χ3n) is 4.94. The van der Waals surface area contributed by atoms with Crippen molar-refractivity contribution in [1.82, 2.24) is 9.88 Å². The SMILES string of the molecule is CC1(C)CC2(CC(C)(C)N1)Nc1ccccc1-n1cccc12.I. The Bertz CT molecular complexity index is 714. The molecule has 0 unspecified atom stereocenters. The first kappa shape index (κ1) is 16.8. The standard InChI is InChI=1S/C19H25N3.HI/c1-17(2)12-19(13-18(3,4)21-17)16-10-7-11-22(16)15-9-6-5-8-14(15)20-19;/h5-11,20-21H,12-13H2,1-4H3;1H. The summed E-state index contributed by atoms with van der Waals surface area (Å²) in [5.41, 5.74) is 4.04. The zero-order valence-electron chi connectivity index (χ0n) is 14.3. The van der Waals surface area contributed by atoms with Gasteiger partial charge < -0.3 is 15.2 Å². The van der Waals surface area contributed by atoms with Gasteiger partial charge in [0.05, 0.1) is 16.9 Å². The van der Waals surface area contributed by atoms with Crippen LogP contribution in [0.3, 0.4) is 0 Å². The Morgan fingerprint density at radius 2 is 1.57 bits per heavy atom. The van der Waals surface area contributed by atoms with Crippen LogP contribution in [0.5, 0.6) is 0 Å². The molecule has 0 aliphatic carbocycles. The maximum absolute atomic E-state index is 3.91. The molecule has 0 atom stereocenters. The largest absolute Gasteiger partial charge is 0.372 e. The van der Waals surface area contributed by atoms with Crippen LogP contribution in [0.15, 0.2) is 42.6 Å². The fraction of sp³-hybridized carbons (Fsp3) is 0.474. The molecule has 3 heterocycles. The highest BCUT2D eigenvalue weighted by molar-refractivity contribution is 14.0. The fourth-order valence-corrected chi connectivity index (χ4v) is 4.94. The predicted molar refractivity (Wildman–Crippen MR) is 107 cm³/mol. The number of nitrogens with one attached hydrogen (secondary N) is 2. The molecule has 4 rings (SSSR count). The van der Waals surface area contributed by atoms with Gasteiger partial charge in [-0.25, -0.2) is 0 Å². The van der Waals surface area contributed by atoms with Gasteiger partial charge in [0.1, 0.15) is 0 Å². The molecular weight excluding hydrogens is 397 g/mol. The average molecular weight is 423 g/mol. The summed E-state index contributed by atoms with van der Waals surface area (Å²) in [7, 11) is 0. The van der Waals surface area contributed by atoms with E-state index in [1.807, 2.05) is 0 Å². The molecule has 0 amide bonds. The van der Waals surface area contributed by atoms with Crippen molar-refractivity contribution in [2.45, 2.75) is 57.2 Å². The van der Waals surface area contributed by atoms with Crippen LogP contribution in [0.2, 0.25) is 0 Å². The van der Waals surface area contributed by atoms with Crippen molar-refractivity contribution >= 4 is 29.7 Å². The topological polar surface area (TPSA) is 29.0 Å². The van der Waals surface area contributed by atoms with Gasteiger partial charge >= 0.3 is 0 Å². The van der Waals surface area contributed by atoms with E-state index in [9.17, 15) is 0 Å². The Balaban J connectivity index is 0.00000156. The zero-order valence-corrected chi connectivity index (χ0v) is 16.6. The van der Waals surface area contributed by atoms with Gasteiger partial charge in [0.25, 0.3) is 0 Å². The molecule has 1 fully saturated rings. The molecule has 23 heavy (non-hydrogen) atoms. The van der Waals surface area contributed by atoms with E-state index >= 15 is 0 Å². The summed E-state index contributed by atoms with van der Waals surface area (Å²) in [5, 5.41) is 7.71. The molecule has 2 N–H and O–H groups in total. The smallest absolute Gasteiger partial charge is 0.0814 e. The highest BCUT2D eigenvalue weighted by atomic mass is 127. The molecule has 0 radical (unpaired) electrons. The lowest BCUT2D eigenvalue weighted by molar-refractivity contribution is 0.112. The van der Waals surface area contributed by atoms with Crippen molar-refractivity contribution < 1.29 is 0 Å². The molecule has 1 saturated heterocycles. The molecule has 3 nitrogen and oxygen atoms in total. The number of para-hydroxylation sites is 2.